The molecule has 1 aliphatic rings. The monoisotopic (exact) mass is 417 g/mol. The molecule has 0 amide bonds. The summed E-state index contributed by atoms with van der Waals surface area (Å²) in [5, 5.41) is 8.88. The van der Waals surface area contributed by atoms with Gasteiger partial charge < -0.3 is 14.7 Å². The molecule has 158 valence electrons. The summed E-state index contributed by atoms with van der Waals surface area (Å²) in [6, 6.07) is 20.6. The van der Waals surface area contributed by atoms with E-state index in [1.807, 2.05) is 42.5 Å². The van der Waals surface area contributed by atoms with Crippen molar-refractivity contribution < 1.29 is 19.0 Å². The topological polar surface area (TPSA) is 49.8 Å². The maximum Gasteiger partial charge on any atom is 0.328 e. The van der Waals surface area contributed by atoms with Crippen molar-refractivity contribution >= 4 is 17.7 Å². The molecular formula is C26H24FNO3. The third-order valence-corrected chi connectivity index (χ3v) is 6.01. The Morgan fingerprint density at radius 3 is 2.45 bits per heavy atom. The molecule has 4 rings (SSSR count). The van der Waals surface area contributed by atoms with Gasteiger partial charge in [0, 0.05) is 18.3 Å². The Morgan fingerprint density at radius 2 is 1.81 bits per heavy atom. The first-order valence-corrected chi connectivity index (χ1v) is 10.1. The van der Waals surface area contributed by atoms with Gasteiger partial charge in [0.05, 0.1) is 12.6 Å². The zero-order valence-electron chi connectivity index (χ0n) is 17.5. The molecule has 0 saturated heterocycles. The lowest BCUT2D eigenvalue weighted by Crippen LogP contribution is -2.49. The van der Waals surface area contributed by atoms with E-state index in [1.54, 1.807) is 13.2 Å². The van der Waals surface area contributed by atoms with Gasteiger partial charge in [-0.3, -0.25) is 0 Å². The molecule has 1 atom stereocenters. The minimum atomic E-state index is -0.978. The highest BCUT2D eigenvalue weighted by Gasteiger charge is 2.40. The summed E-state index contributed by atoms with van der Waals surface area (Å²) < 4.78 is 19.0. The predicted octanol–water partition coefficient (Wildman–Crippen LogP) is 5.26. The van der Waals surface area contributed by atoms with Crippen LogP contribution >= 0.6 is 0 Å². The van der Waals surface area contributed by atoms with E-state index >= 15 is 0 Å². The molecule has 1 heterocycles. The summed E-state index contributed by atoms with van der Waals surface area (Å²) in [7, 11) is 1.66. The highest BCUT2D eigenvalue weighted by Crippen LogP contribution is 2.44. The third kappa shape index (κ3) is 3.91. The molecule has 1 N–H and O–H groups in total. The van der Waals surface area contributed by atoms with E-state index in [0.717, 1.165) is 47.2 Å². The molecule has 4 nitrogen and oxygen atoms in total. The lowest BCUT2D eigenvalue weighted by atomic mass is 9.76. The number of rotatable bonds is 5. The van der Waals surface area contributed by atoms with Crippen LogP contribution in [0.5, 0.6) is 5.75 Å². The number of hydrogen-bond acceptors (Lipinski definition) is 3. The van der Waals surface area contributed by atoms with Crippen LogP contribution in [0.4, 0.5) is 10.1 Å². The van der Waals surface area contributed by atoms with Crippen LogP contribution in [0.3, 0.4) is 0 Å². The van der Waals surface area contributed by atoms with E-state index < -0.39 is 11.5 Å². The molecule has 3 aromatic carbocycles. The number of benzene rings is 3. The van der Waals surface area contributed by atoms with E-state index in [4.69, 9.17) is 9.84 Å². The highest BCUT2D eigenvalue weighted by atomic mass is 19.1. The van der Waals surface area contributed by atoms with E-state index in [0.29, 0.717) is 0 Å². The van der Waals surface area contributed by atoms with E-state index in [1.165, 1.54) is 17.7 Å². The van der Waals surface area contributed by atoms with Gasteiger partial charge in [-0.2, -0.15) is 0 Å². The van der Waals surface area contributed by atoms with Crippen molar-refractivity contribution in [2.45, 2.75) is 18.9 Å². The van der Waals surface area contributed by atoms with Gasteiger partial charge in [0.2, 0.25) is 0 Å². The maximum absolute atomic E-state index is 13.6. The number of carboxylic acid groups (broad SMARTS) is 1. The normalized spacial score (nSPS) is 18.1. The van der Waals surface area contributed by atoms with Crippen LogP contribution in [0.25, 0.3) is 6.08 Å². The number of hydrogen-bond donors (Lipinski definition) is 1. The number of ether oxygens (including phenoxy) is 1. The van der Waals surface area contributed by atoms with E-state index in [2.05, 4.69) is 24.0 Å². The zero-order chi connectivity index (χ0) is 22.0. The molecule has 0 bridgehead atoms. The molecule has 0 fully saturated rings. The van der Waals surface area contributed by atoms with Crippen LogP contribution in [0.2, 0.25) is 0 Å². The molecule has 3 aromatic rings. The molecule has 1 aliphatic heterocycles. The standard InChI is InChI=1S/C26H24FNO3/c1-26(20-6-3-18(4-7-20)5-14-25(29)30)24-13-12-23(31-2)17-19(24)15-16-28(26)22-10-8-21(27)9-11-22/h3-14,17H,15-16H2,1-2H3,(H,29,30)/b14-5+. The largest absolute Gasteiger partial charge is 0.497 e. The van der Waals surface area contributed by atoms with Gasteiger partial charge in [-0.15, -0.1) is 0 Å². The fourth-order valence-corrected chi connectivity index (χ4v) is 4.39. The van der Waals surface area contributed by atoms with Crippen LogP contribution in [-0.2, 0) is 16.8 Å². The molecule has 0 aliphatic carbocycles. The maximum atomic E-state index is 13.6. The molecule has 5 heteroatoms. The average Bonchev–Trinajstić information content (AvgIpc) is 2.78. The Hall–Kier alpha value is -3.60. The summed E-state index contributed by atoms with van der Waals surface area (Å²) in [4.78, 5) is 13.1. The Morgan fingerprint density at radius 1 is 1.10 bits per heavy atom. The van der Waals surface area contributed by atoms with E-state index in [9.17, 15) is 9.18 Å². The first-order valence-electron chi connectivity index (χ1n) is 10.1. The minimum Gasteiger partial charge on any atom is -0.497 e. The Labute approximate surface area is 181 Å². The van der Waals surface area contributed by atoms with Crippen LogP contribution < -0.4 is 9.64 Å². The SMILES string of the molecule is COc1ccc2c(c1)CCN(c1ccc(F)cc1)C2(C)c1ccc(/C=C/C(=O)O)cc1. The van der Waals surface area contributed by atoms with Crippen molar-refractivity contribution in [1.82, 2.24) is 0 Å². The number of aliphatic carboxylic acids is 1. The van der Waals surface area contributed by atoms with E-state index in [-0.39, 0.29) is 5.82 Å². The Balaban J connectivity index is 1.84. The fraction of sp³-hybridized carbons (Fsp3) is 0.192. The van der Waals surface area contributed by atoms with Crippen molar-refractivity contribution in [3.63, 3.8) is 0 Å². The van der Waals surface area contributed by atoms with Crippen molar-refractivity contribution in [3.8, 4) is 5.75 Å². The summed E-state index contributed by atoms with van der Waals surface area (Å²) >= 11 is 0. The smallest absolute Gasteiger partial charge is 0.328 e. The fourth-order valence-electron chi connectivity index (χ4n) is 4.39. The van der Waals surface area contributed by atoms with Gasteiger partial charge in [0.15, 0.2) is 0 Å². The summed E-state index contributed by atoms with van der Waals surface area (Å²) in [6.45, 7) is 2.94. The van der Waals surface area contributed by atoms with Gasteiger partial charge in [0.25, 0.3) is 0 Å². The van der Waals surface area contributed by atoms with Crippen LogP contribution in [0.1, 0.15) is 29.2 Å². The van der Waals surface area contributed by atoms with Crippen LogP contribution in [-0.4, -0.2) is 24.7 Å². The van der Waals surface area contributed by atoms with Gasteiger partial charge >= 0.3 is 5.97 Å². The second-order valence-corrected chi connectivity index (χ2v) is 7.77. The van der Waals surface area contributed by atoms with Crippen LogP contribution in [0.15, 0.2) is 72.8 Å². The molecule has 0 saturated carbocycles. The predicted molar refractivity (Wildman–Crippen MR) is 120 cm³/mol. The van der Waals surface area contributed by atoms with Crippen LogP contribution in [0, 0.1) is 5.82 Å². The molecule has 0 spiro atoms. The molecular weight excluding hydrogens is 393 g/mol. The quantitative estimate of drug-likeness (QED) is 0.576. The average molecular weight is 417 g/mol. The minimum absolute atomic E-state index is 0.262. The lowest BCUT2D eigenvalue weighted by Gasteiger charge is -2.48. The number of halogens is 1. The second-order valence-electron chi connectivity index (χ2n) is 7.77. The van der Waals surface area contributed by atoms with Gasteiger partial charge in [0.1, 0.15) is 11.6 Å². The molecule has 0 radical (unpaired) electrons. The van der Waals surface area contributed by atoms with Crippen molar-refractivity contribution in [3.05, 3.63) is 101 Å². The summed E-state index contributed by atoms with van der Waals surface area (Å²) in [6.07, 6.45) is 3.55. The van der Waals surface area contributed by atoms with Gasteiger partial charge in [-0.25, -0.2) is 9.18 Å². The first kappa shape index (κ1) is 20.7. The summed E-state index contributed by atoms with van der Waals surface area (Å²) in [5.74, 6) is -0.415. The highest BCUT2D eigenvalue weighted by molar-refractivity contribution is 5.85. The van der Waals surface area contributed by atoms with Gasteiger partial charge in [-0.1, -0.05) is 30.3 Å². The number of anilines is 1. The van der Waals surface area contributed by atoms with Crippen molar-refractivity contribution in [2.75, 3.05) is 18.6 Å². The Kier molecular flexibility index (Phi) is 5.51. The third-order valence-electron chi connectivity index (χ3n) is 6.01. The second kappa shape index (κ2) is 8.26. The van der Waals surface area contributed by atoms with Gasteiger partial charge in [-0.05, 0) is 78.1 Å². The zero-order valence-corrected chi connectivity index (χ0v) is 17.5. The molecule has 1 unspecified atom stereocenters. The number of methoxy groups -OCH3 is 1. The summed E-state index contributed by atoms with van der Waals surface area (Å²) in [5.41, 5.74) is 4.71. The number of carbonyl (C=O) groups is 1. The molecule has 0 aromatic heterocycles. The molecule has 31 heavy (non-hydrogen) atoms. The first-order chi connectivity index (χ1) is 14.9. The van der Waals surface area contributed by atoms with Crippen molar-refractivity contribution in [2.24, 2.45) is 0 Å². The lowest BCUT2D eigenvalue weighted by molar-refractivity contribution is -0.131. The number of fused-ring (bicyclic) bond motifs is 1. The number of carboxylic acids is 1. The Bertz CT molecular complexity index is 1120. The van der Waals surface area contributed by atoms with Crippen molar-refractivity contribution in [1.29, 1.82) is 0 Å². The number of nitrogens with zero attached hydrogens (tertiary/aromatic N) is 1.